The first-order chi connectivity index (χ1) is 10.9. The van der Waals surface area contributed by atoms with Gasteiger partial charge in [0.2, 0.25) is 0 Å². The monoisotopic (exact) mass is 381 g/mol. The minimum absolute atomic E-state index is 0.240. The molecule has 6 heteroatoms. The summed E-state index contributed by atoms with van der Waals surface area (Å²) in [6.07, 6.45) is -0.746. The summed E-state index contributed by atoms with van der Waals surface area (Å²) in [5, 5.41) is 2.62. The molecular formula is C17H17BrFNO3. The molecule has 0 aromatic heterocycles. The van der Waals surface area contributed by atoms with E-state index in [1.165, 1.54) is 19.2 Å². The standard InChI is InChI=1S/C17H17BrFNO3/c1-10-4-6-13(7-5-10)23-11(2)17(21)20-15-9-12(19)8-14(18)16(15)22-3/h4-9,11H,1-3H3,(H,20,21). The Bertz CT molecular complexity index is 704. The van der Waals surface area contributed by atoms with Crippen LogP contribution in [0.3, 0.4) is 0 Å². The number of hydrogen-bond acceptors (Lipinski definition) is 3. The van der Waals surface area contributed by atoms with Crippen molar-refractivity contribution in [1.29, 1.82) is 0 Å². The minimum atomic E-state index is -0.746. The van der Waals surface area contributed by atoms with Gasteiger partial charge in [-0.1, -0.05) is 17.7 Å². The summed E-state index contributed by atoms with van der Waals surface area (Å²) < 4.78 is 24.7. The van der Waals surface area contributed by atoms with Crippen molar-refractivity contribution in [2.24, 2.45) is 0 Å². The van der Waals surface area contributed by atoms with Crippen LogP contribution in [0.2, 0.25) is 0 Å². The number of nitrogens with one attached hydrogen (secondary N) is 1. The predicted octanol–water partition coefficient (Wildman–Crippen LogP) is 4.31. The zero-order valence-electron chi connectivity index (χ0n) is 13.0. The second-order valence-electron chi connectivity index (χ2n) is 5.03. The maximum Gasteiger partial charge on any atom is 0.265 e. The third kappa shape index (κ3) is 4.45. The number of carbonyl (C=O) groups excluding carboxylic acids is 1. The van der Waals surface area contributed by atoms with E-state index in [-0.39, 0.29) is 5.69 Å². The fourth-order valence-electron chi connectivity index (χ4n) is 1.97. The molecule has 0 spiro atoms. The average molecular weight is 382 g/mol. The lowest BCUT2D eigenvalue weighted by atomic mass is 10.2. The van der Waals surface area contributed by atoms with Crippen LogP contribution < -0.4 is 14.8 Å². The molecule has 0 saturated heterocycles. The lowest BCUT2D eigenvalue weighted by Crippen LogP contribution is -2.30. The van der Waals surface area contributed by atoms with E-state index in [2.05, 4.69) is 21.2 Å². The molecule has 0 bridgehead atoms. The molecule has 1 atom stereocenters. The number of aryl methyl sites for hydroxylation is 1. The Labute approximate surface area is 142 Å². The van der Waals surface area contributed by atoms with Gasteiger partial charge < -0.3 is 14.8 Å². The van der Waals surface area contributed by atoms with Crippen molar-refractivity contribution < 1.29 is 18.7 Å². The van der Waals surface area contributed by atoms with Crippen LogP contribution in [0.5, 0.6) is 11.5 Å². The summed E-state index contributed by atoms with van der Waals surface area (Å²) >= 11 is 3.20. The highest BCUT2D eigenvalue weighted by atomic mass is 79.9. The van der Waals surface area contributed by atoms with Gasteiger partial charge in [0.15, 0.2) is 11.9 Å². The van der Waals surface area contributed by atoms with Crippen molar-refractivity contribution in [3.05, 3.63) is 52.3 Å². The topological polar surface area (TPSA) is 47.6 Å². The average Bonchev–Trinajstić information content (AvgIpc) is 2.49. The van der Waals surface area contributed by atoms with Crippen LogP contribution in [0.25, 0.3) is 0 Å². The van der Waals surface area contributed by atoms with Crippen LogP contribution in [0.1, 0.15) is 12.5 Å². The van der Waals surface area contributed by atoms with Gasteiger partial charge in [-0.25, -0.2) is 4.39 Å². The molecule has 4 nitrogen and oxygen atoms in total. The SMILES string of the molecule is COc1c(Br)cc(F)cc1NC(=O)C(C)Oc1ccc(C)cc1. The zero-order chi connectivity index (χ0) is 17.0. The Balaban J connectivity index is 2.10. The molecule has 2 rings (SSSR count). The molecule has 0 saturated carbocycles. The summed E-state index contributed by atoms with van der Waals surface area (Å²) in [6.45, 7) is 3.59. The molecule has 23 heavy (non-hydrogen) atoms. The van der Waals surface area contributed by atoms with E-state index in [4.69, 9.17) is 9.47 Å². The number of benzene rings is 2. The van der Waals surface area contributed by atoms with Gasteiger partial charge in [-0.05, 0) is 48.0 Å². The van der Waals surface area contributed by atoms with Gasteiger partial charge in [-0.2, -0.15) is 0 Å². The number of anilines is 1. The van der Waals surface area contributed by atoms with Gasteiger partial charge in [0.1, 0.15) is 11.6 Å². The molecule has 0 fully saturated rings. The number of rotatable bonds is 5. The van der Waals surface area contributed by atoms with Crippen molar-refractivity contribution in [3.8, 4) is 11.5 Å². The Morgan fingerprint density at radius 1 is 1.26 bits per heavy atom. The third-order valence-electron chi connectivity index (χ3n) is 3.17. The molecule has 0 heterocycles. The van der Waals surface area contributed by atoms with Crippen LogP contribution in [0, 0.1) is 12.7 Å². The second-order valence-corrected chi connectivity index (χ2v) is 5.89. The van der Waals surface area contributed by atoms with Gasteiger partial charge in [-0.15, -0.1) is 0 Å². The Morgan fingerprint density at radius 3 is 2.52 bits per heavy atom. The van der Waals surface area contributed by atoms with E-state index in [0.717, 1.165) is 5.56 Å². The maximum atomic E-state index is 13.5. The molecule has 0 aliphatic rings. The summed E-state index contributed by atoms with van der Waals surface area (Å²) in [5.41, 5.74) is 1.34. The highest BCUT2D eigenvalue weighted by molar-refractivity contribution is 9.10. The Hall–Kier alpha value is -2.08. The summed E-state index contributed by atoms with van der Waals surface area (Å²) in [7, 11) is 1.44. The number of amides is 1. The van der Waals surface area contributed by atoms with E-state index in [1.807, 2.05) is 19.1 Å². The van der Waals surface area contributed by atoms with Crippen LogP contribution in [-0.4, -0.2) is 19.1 Å². The van der Waals surface area contributed by atoms with Crippen LogP contribution in [0.15, 0.2) is 40.9 Å². The predicted molar refractivity (Wildman–Crippen MR) is 90.6 cm³/mol. The van der Waals surface area contributed by atoms with Crippen LogP contribution in [-0.2, 0) is 4.79 Å². The largest absolute Gasteiger partial charge is 0.493 e. The lowest BCUT2D eigenvalue weighted by molar-refractivity contribution is -0.122. The first-order valence-corrected chi connectivity index (χ1v) is 7.77. The molecule has 0 radical (unpaired) electrons. The third-order valence-corrected chi connectivity index (χ3v) is 3.76. The lowest BCUT2D eigenvalue weighted by Gasteiger charge is -2.17. The molecular weight excluding hydrogens is 365 g/mol. The number of hydrogen-bond donors (Lipinski definition) is 1. The molecule has 0 aliphatic carbocycles. The number of carbonyl (C=O) groups is 1. The fourth-order valence-corrected chi connectivity index (χ4v) is 2.56. The maximum absolute atomic E-state index is 13.5. The van der Waals surface area contributed by atoms with E-state index >= 15 is 0 Å². The van der Waals surface area contributed by atoms with Crippen LogP contribution >= 0.6 is 15.9 Å². The van der Waals surface area contributed by atoms with Crippen molar-refractivity contribution >= 4 is 27.5 Å². The van der Waals surface area contributed by atoms with E-state index in [0.29, 0.717) is 16.0 Å². The first-order valence-electron chi connectivity index (χ1n) is 6.98. The van der Waals surface area contributed by atoms with Gasteiger partial charge in [0.25, 0.3) is 5.91 Å². The smallest absolute Gasteiger partial charge is 0.265 e. The van der Waals surface area contributed by atoms with Crippen molar-refractivity contribution in [3.63, 3.8) is 0 Å². The minimum Gasteiger partial charge on any atom is -0.493 e. The number of ether oxygens (including phenoxy) is 2. The van der Waals surface area contributed by atoms with E-state index in [1.54, 1.807) is 19.1 Å². The molecule has 2 aromatic rings. The van der Waals surface area contributed by atoms with Gasteiger partial charge >= 0.3 is 0 Å². The summed E-state index contributed by atoms with van der Waals surface area (Å²) in [5.74, 6) is 0.0504. The highest BCUT2D eigenvalue weighted by Gasteiger charge is 2.18. The number of methoxy groups -OCH3 is 1. The quantitative estimate of drug-likeness (QED) is 0.839. The highest BCUT2D eigenvalue weighted by Crippen LogP contribution is 2.34. The fraction of sp³-hybridized carbons (Fsp3) is 0.235. The molecule has 122 valence electrons. The van der Waals surface area contributed by atoms with Gasteiger partial charge in [0, 0.05) is 6.07 Å². The van der Waals surface area contributed by atoms with E-state index < -0.39 is 17.8 Å². The Morgan fingerprint density at radius 2 is 1.91 bits per heavy atom. The molecule has 2 aromatic carbocycles. The Kier molecular flexibility index (Phi) is 5.60. The number of halogens is 2. The van der Waals surface area contributed by atoms with Gasteiger partial charge in [0.05, 0.1) is 17.3 Å². The summed E-state index contributed by atoms with van der Waals surface area (Å²) in [6, 6.07) is 9.83. The van der Waals surface area contributed by atoms with Crippen molar-refractivity contribution in [1.82, 2.24) is 0 Å². The molecule has 1 unspecified atom stereocenters. The molecule has 1 N–H and O–H groups in total. The van der Waals surface area contributed by atoms with E-state index in [9.17, 15) is 9.18 Å². The van der Waals surface area contributed by atoms with Gasteiger partial charge in [-0.3, -0.25) is 4.79 Å². The van der Waals surface area contributed by atoms with Crippen LogP contribution in [0.4, 0.5) is 10.1 Å². The first kappa shape index (κ1) is 17.3. The second kappa shape index (κ2) is 7.46. The molecule has 1 amide bonds. The normalized spacial score (nSPS) is 11.7. The van der Waals surface area contributed by atoms with Crippen molar-refractivity contribution in [2.45, 2.75) is 20.0 Å². The zero-order valence-corrected chi connectivity index (χ0v) is 14.6. The van der Waals surface area contributed by atoms with Crippen molar-refractivity contribution in [2.75, 3.05) is 12.4 Å². The summed E-state index contributed by atoms with van der Waals surface area (Å²) in [4.78, 5) is 12.2. The molecule has 0 aliphatic heterocycles.